The Bertz CT molecular complexity index is 1040. The molecule has 0 unspecified atom stereocenters. The standard InChI is InChI=1S/C19H18ClN3O3S2/c1-10(2)26-12-6-4-5-11(7-12)17(24)22-18(27)23-19-21-14-8-13(20)15(25-3)9-16(14)28-19/h4-10H,1-3H3,(H2,21,22,23,24,27). The summed E-state index contributed by atoms with van der Waals surface area (Å²) < 4.78 is 11.7. The molecule has 28 heavy (non-hydrogen) atoms. The van der Waals surface area contributed by atoms with Crippen molar-refractivity contribution in [1.29, 1.82) is 0 Å². The first kappa shape index (κ1) is 20.3. The van der Waals surface area contributed by atoms with Gasteiger partial charge in [-0.3, -0.25) is 10.1 Å². The molecule has 3 aromatic rings. The van der Waals surface area contributed by atoms with Crippen LogP contribution in [0.5, 0.6) is 11.5 Å². The first-order chi connectivity index (χ1) is 13.4. The second kappa shape index (κ2) is 8.72. The lowest BCUT2D eigenvalue weighted by Gasteiger charge is -2.11. The normalized spacial score (nSPS) is 10.8. The van der Waals surface area contributed by atoms with Crippen LogP contribution >= 0.6 is 35.2 Å². The van der Waals surface area contributed by atoms with E-state index < -0.39 is 0 Å². The molecule has 0 radical (unpaired) electrons. The number of halogens is 1. The van der Waals surface area contributed by atoms with E-state index in [-0.39, 0.29) is 17.1 Å². The molecular formula is C19H18ClN3O3S2. The minimum Gasteiger partial charge on any atom is -0.495 e. The average Bonchev–Trinajstić information content (AvgIpc) is 3.01. The van der Waals surface area contributed by atoms with Crippen LogP contribution in [-0.4, -0.2) is 29.2 Å². The van der Waals surface area contributed by atoms with Crippen molar-refractivity contribution in [3.63, 3.8) is 0 Å². The van der Waals surface area contributed by atoms with Gasteiger partial charge in [0.05, 0.1) is 28.5 Å². The number of carbonyl (C=O) groups is 1. The second-order valence-corrected chi connectivity index (χ2v) is 7.92. The number of carbonyl (C=O) groups excluding carboxylic acids is 1. The van der Waals surface area contributed by atoms with Gasteiger partial charge in [0.25, 0.3) is 5.91 Å². The maximum atomic E-state index is 12.4. The number of amides is 1. The summed E-state index contributed by atoms with van der Waals surface area (Å²) in [6.07, 6.45) is 0.0206. The van der Waals surface area contributed by atoms with Crippen molar-refractivity contribution in [3.05, 3.63) is 47.0 Å². The number of nitrogens with zero attached hydrogens (tertiary/aromatic N) is 1. The molecule has 0 bridgehead atoms. The van der Waals surface area contributed by atoms with Crippen LogP contribution in [0.2, 0.25) is 5.02 Å². The fourth-order valence-corrected chi connectivity index (χ4v) is 3.80. The Morgan fingerprint density at radius 3 is 2.79 bits per heavy atom. The van der Waals surface area contributed by atoms with Crippen molar-refractivity contribution in [3.8, 4) is 11.5 Å². The molecule has 0 spiro atoms. The van der Waals surface area contributed by atoms with Crippen molar-refractivity contribution in [2.24, 2.45) is 0 Å². The van der Waals surface area contributed by atoms with Crippen molar-refractivity contribution >= 4 is 61.5 Å². The molecular weight excluding hydrogens is 418 g/mol. The number of hydrogen-bond donors (Lipinski definition) is 2. The van der Waals surface area contributed by atoms with Crippen molar-refractivity contribution in [1.82, 2.24) is 10.3 Å². The number of ether oxygens (including phenoxy) is 2. The number of hydrogen-bond acceptors (Lipinski definition) is 6. The van der Waals surface area contributed by atoms with Crippen LogP contribution in [0.1, 0.15) is 24.2 Å². The van der Waals surface area contributed by atoms with E-state index in [9.17, 15) is 4.79 Å². The predicted octanol–water partition coefficient (Wildman–Crippen LogP) is 4.87. The largest absolute Gasteiger partial charge is 0.495 e. The Hall–Kier alpha value is -2.42. The molecule has 0 aliphatic rings. The van der Waals surface area contributed by atoms with E-state index in [0.29, 0.717) is 32.7 Å². The zero-order chi connectivity index (χ0) is 20.3. The lowest BCUT2D eigenvalue weighted by atomic mass is 10.2. The van der Waals surface area contributed by atoms with Gasteiger partial charge in [0.1, 0.15) is 11.5 Å². The highest BCUT2D eigenvalue weighted by Gasteiger charge is 2.13. The molecule has 0 aliphatic carbocycles. The number of nitrogens with one attached hydrogen (secondary N) is 2. The average molecular weight is 436 g/mol. The van der Waals surface area contributed by atoms with E-state index in [0.717, 1.165) is 4.70 Å². The summed E-state index contributed by atoms with van der Waals surface area (Å²) in [6, 6.07) is 10.4. The molecule has 2 aromatic carbocycles. The monoisotopic (exact) mass is 435 g/mol. The van der Waals surface area contributed by atoms with Crippen LogP contribution < -0.4 is 20.1 Å². The topological polar surface area (TPSA) is 72.5 Å². The molecule has 0 aliphatic heterocycles. The van der Waals surface area contributed by atoms with Gasteiger partial charge in [-0.05, 0) is 50.3 Å². The number of methoxy groups -OCH3 is 1. The third-order valence-corrected chi connectivity index (χ3v) is 5.01. The number of benzene rings is 2. The minimum absolute atomic E-state index is 0.0206. The molecule has 146 valence electrons. The summed E-state index contributed by atoms with van der Waals surface area (Å²) in [6.45, 7) is 3.85. The fraction of sp³-hybridized carbons (Fsp3) is 0.211. The summed E-state index contributed by atoms with van der Waals surface area (Å²) in [5, 5.41) is 6.74. The smallest absolute Gasteiger partial charge is 0.257 e. The van der Waals surface area contributed by atoms with Gasteiger partial charge in [0, 0.05) is 11.6 Å². The summed E-state index contributed by atoms with van der Waals surface area (Å²) in [7, 11) is 1.55. The van der Waals surface area contributed by atoms with Gasteiger partial charge in [-0.1, -0.05) is 29.0 Å². The number of aromatic nitrogens is 1. The van der Waals surface area contributed by atoms with Crippen LogP contribution in [0.15, 0.2) is 36.4 Å². The molecule has 2 N–H and O–H groups in total. The SMILES string of the molecule is COc1cc2sc(NC(=S)NC(=O)c3cccc(OC(C)C)c3)nc2cc1Cl. The Balaban J connectivity index is 1.68. The molecule has 1 heterocycles. The minimum atomic E-state index is -0.336. The molecule has 1 amide bonds. The highest BCUT2D eigenvalue weighted by atomic mass is 35.5. The van der Waals surface area contributed by atoms with E-state index in [2.05, 4.69) is 15.6 Å². The maximum Gasteiger partial charge on any atom is 0.257 e. The molecule has 3 rings (SSSR count). The Kier molecular flexibility index (Phi) is 6.33. The van der Waals surface area contributed by atoms with Gasteiger partial charge in [-0.25, -0.2) is 4.98 Å². The Labute approximate surface area is 176 Å². The highest BCUT2D eigenvalue weighted by molar-refractivity contribution is 7.80. The van der Waals surface area contributed by atoms with Gasteiger partial charge in [0.2, 0.25) is 0 Å². The van der Waals surface area contributed by atoms with Crippen LogP contribution in [0.25, 0.3) is 10.2 Å². The number of anilines is 1. The van der Waals surface area contributed by atoms with Gasteiger partial charge in [0.15, 0.2) is 10.2 Å². The Morgan fingerprint density at radius 1 is 1.29 bits per heavy atom. The first-order valence-electron chi connectivity index (χ1n) is 8.39. The van der Waals surface area contributed by atoms with Crippen LogP contribution in [0, 0.1) is 0 Å². The summed E-state index contributed by atoms with van der Waals surface area (Å²) in [5.41, 5.74) is 1.16. The van der Waals surface area contributed by atoms with Crippen molar-refractivity contribution in [2.45, 2.75) is 20.0 Å². The number of rotatable bonds is 5. The number of thiocarbonyl (C=S) groups is 1. The van der Waals surface area contributed by atoms with E-state index >= 15 is 0 Å². The zero-order valence-corrected chi connectivity index (χ0v) is 17.8. The lowest BCUT2D eigenvalue weighted by molar-refractivity contribution is 0.0977. The molecule has 0 saturated heterocycles. The van der Waals surface area contributed by atoms with E-state index in [1.165, 1.54) is 11.3 Å². The van der Waals surface area contributed by atoms with Gasteiger partial charge in [-0.2, -0.15) is 0 Å². The zero-order valence-electron chi connectivity index (χ0n) is 15.4. The van der Waals surface area contributed by atoms with E-state index in [1.54, 1.807) is 37.4 Å². The second-order valence-electron chi connectivity index (χ2n) is 6.08. The predicted molar refractivity (Wildman–Crippen MR) is 117 cm³/mol. The lowest BCUT2D eigenvalue weighted by Crippen LogP contribution is -2.34. The Morgan fingerprint density at radius 2 is 2.07 bits per heavy atom. The van der Waals surface area contributed by atoms with Gasteiger partial charge >= 0.3 is 0 Å². The molecule has 0 atom stereocenters. The molecule has 0 fully saturated rings. The first-order valence-corrected chi connectivity index (χ1v) is 9.99. The van der Waals surface area contributed by atoms with Crippen LogP contribution in [0.3, 0.4) is 0 Å². The van der Waals surface area contributed by atoms with Crippen molar-refractivity contribution in [2.75, 3.05) is 12.4 Å². The van der Waals surface area contributed by atoms with Gasteiger partial charge < -0.3 is 14.8 Å². The summed E-state index contributed by atoms with van der Waals surface area (Å²) in [4.78, 5) is 16.9. The molecule has 9 heteroatoms. The number of fused-ring (bicyclic) bond motifs is 1. The molecule has 0 saturated carbocycles. The van der Waals surface area contributed by atoms with Crippen LogP contribution in [0.4, 0.5) is 5.13 Å². The fourth-order valence-electron chi connectivity index (χ4n) is 2.43. The number of thiazole rings is 1. The molecule has 1 aromatic heterocycles. The van der Waals surface area contributed by atoms with Crippen LogP contribution in [-0.2, 0) is 0 Å². The third-order valence-electron chi connectivity index (χ3n) is 3.58. The van der Waals surface area contributed by atoms with E-state index in [4.69, 9.17) is 33.3 Å². The van der Waals surface area contributed by atoms with E-state index in [1.807, 2.05) is 19.9 Å². The maximum absolute atomic E-state index is 12.4. The third kappa shape index (κ3) is 4.89. The highest BCUT2D eigenvalue weighted by Crippen LogP contribution is 2.34. The summed E-state index contributed by atoms with van der Waals surface area (Å²) >= 11 is 12.7. The summed E-state index contributed by atoms with van der Waals surface area (Å²) in [5.74, 6) is 0.861. The van der Waals surface area contributed by atoms with Gasteiger partial charge in [-0.15, -0.1) is 0 Å². The van der Waals surface area contributed by atoms with Crippen molar-refractivity contribution < 1.29 is 14.3 Å². The quantitative estimate of drug-likeness (QED) is 0.557. The molecule has 6 nitrogen and oxygen atoms in total.